The fraction of sp³-hybridized carbons (Fsp3) is 0.300. The van der Waals surface area contributed by atoms with Crippen molar-refractivity contribution in [1.29, 1.82) is 0 Å². The average molecular weight is 261 g/mol. The normalized spacial score (nSPS) is 14.4. The van der Waals surface area contributed by atoms with E-state index in [1.807, 2.05) is 0 Å². The lowest BCUT2D eigenvalue weighted by atomic mass is 10.3. The molecule has 0 aromatic heterocycles. The first-order valence-electron chi connectivity index (χ1n) is 4.72. The number of anilines is 1. The highest BCUT2D eigenvalue weighted by atomic mass is 35.5. The van der Waals surface area contributed by atoms with E-state index in [1.165, 1.54) is 6.07 Å². The fourth-order valence-corrected chi connectivity index (χ4v) is 2.98. The van der Waals surface area contributed by atoms with Crippen LogP contribution in [0.2, 0.25) is 5.02 Å². The monoisotopic (exact) mass is 260 g/mol. The summed E-state index contributed by atoms with van der Waals surface area (Å²) in [5.74, 6) is -0.589. The van der Waals surface area contributed by atoms with Gasteiger partial charge in [-0.3, -0.25) is 9.00 Å². The van der Waals surface area contributed by atoms with Crippen LogP contribution in [0.3, 0.4) is 0 Å². The highest BCUT2D eigenvalue weighted by Gasteiger charge is 2.23. The van der Waals surface area contributed by atoms with Gasteiger partial charge in [0.25, 0.3) is 0 Å². The third-order valence-electron chi connectivity index (χ3n) is 2.12. The SMILES string of the molecule is CCC(C(N)=O)S(=O)c1ccc(N)cc1Cl. The van der Waals surface area contributed by atoms with Gasteiger partial charge in [0.2, 0.25) is 5.91 Å². The van der Waals surface area contributed by atoms with E-state index in [4.69, 9.17) is 23.1 Å². The molecule has 0 saturated heterocycles. The van der Waals surface area contributed by atoms with Crippen molar-refractivity contribution >= 4 is 34.0 Å². The number of hydrogen-bond acceptors (Lipinski definition) is 3. The number of hydrogen-bond donors (Lipinski definition) is 2. The number of primary amides is 1. The van der Waals surface area contributed by atoms with Crippen molar-refractivity contribution in [2.45, 2.75) is 23.5 Å². The summed E-state index contributed by atoms with van der Waals surface area (Å²) < 4.78 is 12.0. The summed E-state index contributed by atoms with van der Waals surface area (Å²) in [4.78, 5) is 11.5. The van der Waals surface area contributed by atoms with Gasteiger partial charge in [0.1, 0.15) is 5.25 Å². The Morgan fingerprint density at radius 3 is 2.62 bits per heavy atom. The number of benzene rings is 1. The van der Waals surface area contributed by atoms with E-state index < -0.39 is 22.0 Å². The van der Waals surface area contributed by atoms with Crippen LogP contribution < -0.4 is 11.5 Å². The number of nitrogen functional groups attached to an aromatic ring is 1. The first kappa shape index (κ1) is 13.0. The van der Waals surface area contributed by atoms with Gasteiger partial charge in [0.15, 0.2) is 0 Å². The maximum absolute atomic E-state index is 12.0. The largest absolute Gasteiger partial charge is 0.399 e. The Balaban J connectivity index is 3.09. The van der Waals surface area contributed by atoms with Crippen LogP contribution in [0.4, 0.5) is 5.69 Å². The van der Waals surface area contributed by atoms with E-state index in [1.54, 1.807) is 19.1 Å². The molecule has 0 saturated carbocycles. The van der Waals surface area contributed by atoms with Crippen LogP contribution in [-0.4, -0.2) is 15.4 Å². The van der Waals surface area contributed by atoms with Crippen LogP contribution in [0, 0.1) is 0 Å². The quantitative estimate of drug-likeness (QED) is 0.800. The van der Waals surface area contributed by atoms with E-state index >= 15 is 0 Å². The van der Waals surface area contributed by atoms with Crippen molar-refractivity contribution in [2.24, 2.45) is 5.73 Å². The number of rotatable bonds is 4. The van der Waals surface area contributed by atoms with E-state index in [2.05, 4.69) is 0 Å². The molecule has 4 N–H and O–H groups in total. The molecule has 0 aliphatic heterocycles. The molecule has 0 radical (unpaired) electrons. The highest BCUT2D eigenvalue weighted by Crippen LogP contribution is 2.25. The van der Waals surface area contributed by atoms with Gasteiger partial charge in [0.05, 0.1) is 20.7 Å². The minimum Gasteiger partial charge on any atom is -0.399 e. The van der Waals surface area contributed by atoms with E-state index in [0.717, 1.165) is 0 Å². The van der Waals surface area contributed by atoms with Crippen LogP contribution >= 0.6 is 11.6 Å². The Kier molecular flexibility index (Phi) is 4.32. The Hall–Kier alpha value is -1.07. The molecule has 2 unspecified atom stereocenters. The van der Waals surface area contributed by atoms with Gasteiger partial charge in [-0.05, 0) is 24.6 Å². The maximum Gasteiger partial charge on any atom is 0.233 e. The summed E-state index contributed by atoms with van der Waals surface area (Å²) in [6.45, 7) is 1.75. The first-order valence-corrected chi connectivity index (χ1v) is 6.31. The summed E-state index contributed by atoms with van der Waals surface area (Å²) in [5.41, 5.74) is 11.2. The number of carbonyl (C=O) groups is 1. The van der Waals surface area contributed by atoms with Crippen molar-refractivity contribution in [3.8, 4) is 0 Å². The lowest BCUT2D eigenvalue weighted by molar-refractivity contribution is -0.117. The molecular weight excluding hydrogens is 248 g/mol. The molecule has 16 heavy (non-hydrogen) atoms. The molecule has 6 heteroatoms. The van der Waals surface area contributed by atoms with Crippen LogP contribution in [-0.2, 0) is 15.6 Å². The first-order chi connectivity index (χ1) is 7.47. The Bertz CT molecular complexity index is 437. The van der Waals surface area contributed by atoms with Crippen LogP contribution in [0.25, 0.3) is 0 Å². The van der Waals surface area contributed by atoms with Crippen molar-refractivity contribution in [3.05, 3.63) is 23.2 Å². The van der Waals surface area contributed by atoms with Gasteiger partial charge in [0, 0.05) is 5.69 Å². The molecule has 4 nitrogen and oxygen atoms in total. The lowest BCUT2D eigenvalue weighted by Gasteiger charge is -2.12. The zero-order valence-electron chi connectivity index (χ0n) is 8.77. The molecule has 0 bridgehead atoms. The number of amides is 1. The zero-order chi connectivity index (χ0) is 12.3. The lowest BCUT2D eigenvalue weighted by Crippen LogP contribution is -2.32. The van der Waals surface area contributed by atoms with Crippen molar-refractivity contribution in [3.63, 3.8) is 0 Å². The molecule has 88 valence electrons. The van der Waals surface area contributed by atoms with Crippen molar-refractivity contribution in [2.75, 3.05) is 5.73 Å². The standard InChI is InChI=1S/C10H13ClN2O2S/c1-2-8(10(13)14)16(15)9-4-3-6(12)5-7(9)11/h3-5,8H,2,12H2,1H3,(H2,13,14). The van der Waals surface area contributed by atoms with E-state index in [0.29, 0.717) is 17.0 Å². The molecule has 0 heterocycles. The molecule has 1 amide bonds. The van der Waals surface area contributed by atoms with Crippen molar-refractivity contribution in [1.82, 2.24) is 0 Å². The van der Waals surface area contributed by atoms with Gasteiger partial charge in [-0.15, -0.1) is 0 Å². The van der Waals surface area contributed by atoms with Crippen LogP contribution in [0.1, 0.15) is 13.3 Å². The predicted molar refractivity (Wildman–Crippen MR) is 65.5 cm³/mol. The average Bonchev–Trinajstić information content (AvgIpc) is 2.17. The molecular formula is C10H13ClN2O2S. The zero-order valence-corrected chi connectivity index (χ0v) is 10.3. The van der Waals surface area contributed by atoms with E-state index in [-0.39, 0.29) is 5.02 Å². The summed E-state index contributed by atoms with van der Waals surface area (Å²) >= 11 is 5.90. The number of halogens is 1. The summed E-state index contributed by atoms with van der Waals surface area (Å²) in [6.07, 6.45) is 0.405. The second kappa shape index (κ2) is 5.32. The van der Waals surface area contributed by atoms with Gasteiger partial charge in [-0.2, -0.15) is 0 Å². The summed E-state index contributed by atoms with van der Waals surface area (Å²) in [6, 6.07) is 4.65. The maximum atomic E-state index is 12.0. The molecule has 2 atom stereocenters. The summed E-state index contributed by atoms with van der Waals surface area (Å²) in [7, 11) is -1.53. The molecule has 0 spiro atoms. The predicted octanol–water partition coefficient (Wildman–Crippen LogP) is 1.29. The highest BCUT2D eigenvalue weighted by molar-refractivity contribution is 7.86. The molecule has 0 aliphatic rings. The molecule has 1 aromatic carbocycles. The second-order valence-corrected chi connectivity index (χ2v) is 5.30. The third-order valence-corrected chi connectivity index (χ3v) is 4.42. The molecule has 0 fully saturated rings. The Labute approximate surface area is 101 Å². The Morgan fingerprint density at radius 1 is 1.56 bits per heavy atom. The minimum atomic E-state index is -1.53. The molecule has 0 aliphatic carbocycles. The number of carbonyl (C=O) groups excluding carboxylic acids is 1. The van der Waals surface area contributed by atoms with Crippen LogP contribution in [0.15, 0.2) is 23.1 Å². The fourth-order valence-electron chi connectivity index (χ4n) is 1.29. The second-order valence-electron chi connectivity index (χ2n) is 3.29. The van der Waals surface area contributed by atoms with Gasteiger partial charge >= 0.3 is 0 Å². The Morgan fingerprint density at radius 2 is 2.19 bits per heavy atom. The van der Waals surface area contributed by atoms with E-state index in [9.17, 15) is 9.00 Å². The molecule has 1 rings (SSSR count). The minimum absolute atomic E-state index is 0.290. The van der Waals surface area contributed by atoms with Gasteiger partial charge in [-0.1, -0.05) is 18.5 Å². The van der Waals surface area contributed by atoms with Crippen molar-refractivity contribution < 1.29 is 9.00 Å². The topological polar surface area (TPSA) is 86.2 Å². The van der Waals surface area contributed by atoms with Crippen LogP contribution in [0.5, 0.6) is 0 Å². The van der Waals surface area contributed by atoms with Gasteiger partial charge < -0.3 is 11.5 Å². The molecule has 1 aromatic rings. The summed E-state index contributed by atoms with van der Waals surface area (Å²) in [5, 5.41) is -0.431. The third kappa shape index (κ3) is 2.74. The van der Waals surface area contributed by atoms with Gasteiger partial charge in [-0.25, -0.2) is 0 Å². The smallest absolute Gasteiger partial charge is 0.233 e. The number of nitrogens with two attached hydrogens (primary N) is 2.